The SMILES string of the molecule is O=C(c1scc2c1CCCC2)N1CCC[C@@H](Nc2ccc(F)cc2)C1. The minimum atomic E-state index is -0.228. The van der Waals surface area contributed by atoms with E-state index in [0.29, 0.717) is 6.54 Å². The van der Waals surface area contributed by atoms with E-state index in [-0.39, 0.29) is 17.8 Å². The van der Waals surface area contributed by atoms with Crippen molar-refractivity contribution in [1.29, 1.82) is 0 Å². The summed E-state index contributed by atoms with van der Waals surface area (Å²) in [5.41, 5.74) is 3.60. The van der Waals surface area contributed by atoms with Crippen LogP contribution in [0, 0.1) is 5.82 Å². The predicted octanol–water partition coefficient (Wildman–Crippen LogP) is 4.48. The van der Waals surface area contributed by atoms with Gasteiger partial charge in [0.05, 0.1) is 4.88 Å². The van der Waals surface area contributed by atoms with Gasteiger partial charge in [0.25, 0.3) is 5.91 Å². The maximum absolute atomic E-state index is 13.0. The zero-order valence-corrected chi connectivity index (χ0v) is 15.1. The number of fused-ring (bicyclic) bond motifs is 1. The van der Waals surface area contributed by atoms with Crippen LogP contribution >= 0.6 is 11.3 Å². The second-order valence-electron chi connectivity index (χ2n) is 7.02. The number of carbonyl (C=O) groups excluding carboxylic acids is 1. The molecule has 2 heterocycles. The molecule has 5 heteroatoms. The van der Waals surface area contributed by atoms with E-state index in [2.05, 4.69) is 10.7 Å². The average molecular weight is 358 g/mol. The van der Waals surface area contributed by atoms with Crippen molar-refractivity contribution < 1.29 is 9.18 Å². The Kier molecular flexibility index (Phi) is 4.75. The van der Waals surface area contributed by atoms with Crippen molar-refractivity contribution >= 4 is 22.9 Å². The standard InChI is InChI=1S/C20H23FN2OS/c21-15-7-9-16(10-8-15)22-17-5-3-11-23(12-17)20(24)19-18-6-2-1-4-14(18)13-25-19/h7-10,13,17,22H,1-6,11-12H2/t17-/m1/s1. The van der Waals surface area contributed by atoms with Crippen LogP contribution in [0.1, 0.15) is 46.5 Å². The molecule has 2 aromatic rings. The first-order chi connectivity index (χ1) is 12.2. The summed E-state index contributed by atoms with van der Waals surface area (Å²) in [6.45, 7) is 1.54. The number of halogens is 1. The molecular formula is C20H23FN2OS. The van der Waals surface area contributed by atoms with E-state index in [0.717, 1.165) is 42.8 Å². The number of rotatable bonds is 3. The van der Waals surface area contributed by atoms with Gasteiger partial charge < -0.3 is 10.2 Å². The summed E-state index contributed by atoms with van der Waals surface area (Å²) in [6.07, 6.45) is 6.63. The Morgan fingerprint density at radius 2 is 1.96 bits per heavy atom. The molecule has 132 valence electrons. The van der Waals surface area contributed by atoms with Crippen molar-refractivity contribution in [2.75, 3.05) is 18.4 Å². The Labute approximate surface area is 151 Å². The van der Waals surface area contributed by atoms with E-state index in [1.165, 1.54) is 36.1 Å². The monoisotopic (exact) mass is 358 g/mol. The third kappa shape index (κ3) is 3.56. The molecule has 3 nitrogen and oxygen atoms in total. The third-order valence-electron chi connectivity index (χ3n) is 5.22. The second-order valence-corrected chi connectivity index (χ2v) is 7.90. The van der Waals surface area contributed by atoms with Crippen LogP contribution in [-0.4, -0.2) is 29.9 Å². The highest BCUT2D eigenvalue weighted by Gasteiger charge is 2.28. The number of hydrogen-bond acceptors (Lipinski definition) is 3. The highest BCUT2D eigenvalue weighted by molar-refractivity contribution is 7.12. The van der Waals surface area contributed by atoms with Gasteiger partial charge in [0.2, 0.25) is 0 Å². The van der Waals surface area contributed by atoms with Crippen LogP contribution in [0.5, 0.6) is 0 Å². The minimum Gasteiger partial charge on any atom is -0.381 e. The van der Waals surface area contributed by atoms with Gasteiger partial charge in [-0.25, -0.2) is 4.39 Å². The predicted molar refractivity (Wildman–Crippen MR) is 99.9 cm³/mol. The Hall–Kier alpha value is -1.88. The summed E-state index contributed by atoms with van der Waals surface area (Å²) < 4.78 is 13.0. The molecule has 0 bridgehead atoms. The van der Waals surface area contributed by atoms with Crippen LogP contribution in [0.3, 0.4) is 0 Å². The van der Waals surface area contributed by atoms with Gasteiger partial charge in [-0.15, -0.1) is 11.3 Å². The molecule has 1 N–H and O–H groups in total. The number of anilines is 1. The largest absolute Gasteiger partial charge is 0.381 e. The molecule has 0 spiro atoms. The van der Waals surface area contributed by atoms with Crippen LogP contribution in [0.25, 0.3) is 0 Å². The number of aryl methyl sites for hydroxylation is 1. The van der Waals surface area contributed by atoms with Gasteiger partial charge in [0.1, 0.15) is 5.82 Å². The number of nitrogens with one attached hydrogen (secondary N) is 1. The molecular weight excluding hydrogens is 335 g/mol. The Morgan fingerprint density at radius 3 is 2.80 bits per heavy atom. The lowest BCUT2D eigenvalue weighted by Gasteiger charge is -2.34. The quantitative estimate of drug-likeness (QED) is 0.877. The topological polar surface area (TPSA) is 32.3 Å². The highest BCUT2D eigenvalue weighted by Crippen LogP contribution is 2.31. The molecule has 1 fully saturated rings. The van der Waals surface area contributed by atoms with E-state index in [9.17, 15) is 9.18 Å². The first kappa shape index (κ1) is 16.6. The molecule has 1 saturated heterocycles. The van der Waals surface area contributed by atoms with Crippen molar-refractivity contribution in [3.8, 4) is 0 Å². The number of thiophene rings is 1. The molecule has 4 rings (SSSR count). The number of hydrogen-bond donors (Lipinski definition) is 1. The number of piperidine rings is 1. The summed E-state index contributed by atoms with van der Waals surface area (Å²) in [7, 11) is 0. The van der Waals surface area contributed by atoms with Gasteiger partial charge >= 0.3 is 0 Å². The van der Waals surface area contributed by atoms with E-state index >= 15 is 0 Å². The Balaban J connectivity index is 1.44. The molecule has 1 atom stereocenters. The first-order valence-corrected chi connectivity index (χ1v) is 9.99. The van der Waals surface area contributed by atoms with Crippen molar-refractivity contribution in [1.82, 2.24) is 4.90 Å². The third-order valence-corrected chi connectivity index (χ3v) is 6.28. The lowest BCUT2D eigenvalue weighted by molar-refractivity contribution is 0.0718. The van der Waals surface area contributed by atoms with Crippen LogP contribution in [0.15, 0.2) is 29.6 Å². The van der Waals surface area contributed by atoms with Crippen LogP contribution in [0.4, 0.5) is 10.1 Å². The lowest BCUT2D eigenvalue weighted by atomic mass is 9.93. The second kappa shape index (κ2) is 7.16. The van der Waals surface area contributed by atoms with Crippen LogP contribution < -0.4 is 5.32 Å². The first-order valence-electron chi connectivity index (χ1n) is 9.11. The van der Waals surface area contributed by atoms with Crippen molar-refractivity contribution in [2.45, 2.75) is 44.6 Å². The lowest BCUT2D eigenvalue weighted by Crippen LogP contribution is -2.45. The molecule has 1 aromatic heterocycles. The van der Waals surface area contributed by atoms with Crippen molar-refractivity contribution in [3.05, 3.63) is 51.5 Å². The number of amides is 1. The molecule has 0 unspecified atom stereocenters. The molecule has 1 aromatic carbocycles. The molecule has 0 radical (unpaired) electrons. The van der Waals surface area contributed by atoms with E-state index < -0.39 is 0 Å². The molecule has 1 amide bonds. The number of likely N-dealkylation sites (tertiary alicyclic amines) is 1. The van der Waals surface area contributed by atoms with E-state index in [1.54, 1.807) is 23.5 Å². The average Bonchev–Trinajstić information content (AvgIpc) is 3.07. The van der Waals surface area contributed by atoms with Gasteiger partial charge in [-0.05, 0) is 79.3 Å². The van der Waals surface area contributed by atoms with Gasteiger partial charge in [-0.1, -0.05) is 0 Å². The zero-order chi connectivity index (χ0) is 17.2. The van der Waals surface area contributed by atoms with E-state index in [4.69, 9.17) is 0 Å². The normalized spacial score (nSPS) is 20.2. The fraction of sp³-hybridized carbons (Fsp3) is 0.450. The minimum absolute atomic E-state index is 0.193. The molecule has 1 aliphatic heterocycles. The summed E-state index contributed by atoms with van der Waals surface area (Å²) in [5.74, 6) is -0.0350. The smallest absolute Gasteiger partial charge is 0.264 e. The highest BCUT2D eigenvalue weighted by atomic mass is 32.1. The number of nitrogens with zero attached hydrogens (tertiary/aromatic N) is 1. The molecule has 25 heavy (non-hydrogen) atoms. The van der Waals surface area contributed by atoms with Gasteiger partial charge in [0, 0.05) is 24.8 Å². The van der Waals surface area contributed by atoms with E-state index in [1.807, 2.05) is 4.90 Å². The number of benzene rings is 1. The summed E-state index contributed by atoms with van der Waals surface area (Å²) >= 11 is 1.62. The van der Waals surface area contributed by atoms with Gasteiger partial charge in [-0.2, -0.15) is 0 Å². The molecule has 1 aliphatic carbocycles. The van der Waals surface area contributed by atoms with Crippen molar-refractivity contribution in [3.63, 3.8) is 0 Å². The van der Waals surface area contributed by atoms with Crippen LogP contribution in [-0.2, 0) is 12.8 Å². The van der Waals surface area contributed by atoms with Crippen molar-refractivity contribution in [2.24, 2.45) is 0 Å². The Bertz CT molecular complexity index is 756. The maximum Gasteiger partial charge on any atom is 0.264 e. The Morgan fingerprint density at radius 1 is 1.16 bits per heavy atom. The summed E-state index contributed by atoms with van der Waals surface area (Å²) in [6, 6.07) is 6.66. The molecule has 2 aliphatic rings. The summed E-state index contributed by atoms with van der Waals surface area (Å²) in [5, 5.41) is 5.62. The maximum atomic E-state index is 13.0. The fourth-order valence-electron chi connectivity index (χ4n) is 3.90. The fourth-order valence-corrected chi connectivity index (χ4v) is 5.03. The van der Waals surface area contributed by atoms with Gasteiger partial charge in [-0.3, -0.25) is 4.79 Å². The molecule has 0 saturated carbocycles. The van der Waals surface area contributed by atoms with Crippen LogP contribution in [0.2, 0.25) is 0 Å². The zero-order valence-electron chi connectivity index (χ0n) is 14.3. The number of carbonyl (C=O) groups is 1. The van der Waals surface area contributed by atoms with Gasteiger partial charge in [0.15, 0.2) is 0 Å². The summed E-state index contributed by atoms with van der Waals surface area (Å²) in [4.78, 5) is 16.0.